The molecule has 1 aromatic heterocycles. The molecule has 0 fully saturated rings. The van der Waals surface area contributed by atoms with Crippen LogP contribution in [0.2, 0.25) is 0 Å². The zero-order valence-corrected chi connectivity index (χ0v) is 14.5. The molecule has 0 amide bonds. The van der Waals surface area contributed by atoms with Gasteiger partial charge in [-0.3, -0.25) is 0 Å². The number of sulfonamides is 1. The van der Waals surface area contributed by atoms with E-state index in [1.165, 1.54) is 18.5 Å². The van der Waals surface area contributed by atoms with Crippen molar-refractivity contribution in [2.75, 3.05) is 0 Å². The summed E-state index contributed by atoms with van der Waals surface area (Å²) in [5, 5.41) is 3.99. The number of nitrogens with one attached hydrogen (secondary N) is 1. The Morgan fingerprint density at radius 3 is 2.48 bits per heavy atom. The van der Waals surface area contributed by atoms with Gasteiger partial charge in [0.25, 0.3) is 0 Å². The van der Waals surface area contributed by atoms with Crippen LogP contribution in [0.15, 0.2) is 40.4 Å². The second-order valence-corrected chi connectivity index (χ2v) is 9.14. The van der Waals surface area contributed by atoms with Crippen LogP contribution in [0.3, 0.4) is 0 Å². The highest BCUT2D eigenvalue weighted by molar-refractivity contribution is 7.93. The van der Waals surface area contributed by atoms with Crippen LogP contribution >= 0.6 is 0 Å². The van der Waals surface area contributed by atoms with Crippen LogP contribution in [0, 0.1) is 0 Å². The Hall–Kier alpha value is -1.92. The zero-order chi connectivity index (χ0) is 18.4. The standard InChI is InChI=1S/C13H14F2N4O4S2/c1-8-6-9(12-16-7-17-19(8)12)18-25(22,23)11-5-3-2-4-10(11)24(20,21)13(14)15/h2-5,7-9,13,18H,6H2,1H3. The Morgan fingerprint density at radius 1 is 1.20 bits per heavy atom. The van der Waals surface area contributed by atoms with Crippen molar-refractivity contribution in [2.45, 2.75) is 41.0 Å². The molecule has 8 nitrogen and oxygen atoms in total. The number of rotatable bonds is 5. The molecule has 0 saturated carbocycles. The molecule has 2 unspecified atom stereocenters. The van der Waals surface area contributed by atoms with Gasteiger partial charge in [-0.15, -0.1) is 0 Å². The normalized spacial score (nSPS) is 20.8. The summed E-state index contributed by atoms with van der Waals surface area (Å²) in [6.45, 7) is 1.82. The number of nitrogens with zero attached hydrogens (tertiary/aromatic N) is 3. The van der Waals surface area contributed by atoms with Gasteiger partial charge in [0.1, 0.15) is 17.0 Å². The summed E-state index contributed by atoms with van der Waals surface area (Å²) in [6, 6.07) is 3.42. The summed E-state index contributed by atoms with van der Waals surface area (Å²) < 4.78 is 78.4. The van der Waals surface area contributed by atoms with Crippen molar-refractivity contribution >= 4 is 19.9 Å². The van der Waals surface area contributed by atoms with Crippen LogP contribution in [-0.2, 0) is 19.9 Å². The van der Waals surface area contributed by atoms with Gasteiger partial charge in [0, 0.05) is 0 Å². The Labute approximate surface area is 142 Å². The maximum absolute atomic E-state index is 12.9. The van der Waals surface area contributed by atoms with Gasteiger partial charge in [-0.25, -0.2) is 31.2 Å². The highest BCUT2D eigenvalue weighted by Gasteiger charge is 2.37. The lowest BCUT2D eigenvalue weighted by Crippen LogP contribution is -2.29. The third kappa shape index (κ3) is 3.04. The van der Waals surface area contributed by atoms with Gasteiger partial charge < -0.3 is 0 Å². The van der Waals surface area contributed by atoms with E-state index in [1.807, 2.05) is 6.92 Å². The fraction of sp³-hybridized carbons (Fsp3) is 0.385. The first-order valence-corrected chi connectivity index (χ1v) is 10.2. The number of hydrogen-bond acceptors (Lipinski definition) is 6. The minimum absolute atomic E-state index is 0.106. The fourth-order valence-electron chi connectivity index (χ4n) is 2.75. The second-order valence-electron chi connectivity index (χ2n) is 5.57. The highest BCUT2D eigenvalue weighted by Crippen LogP contribution is 2.33. The molecule has 0 aliphatic carbocycles. The molecule has 1 aromatic carbocycles. The molecule has 2 aromatic rings. The van der Waals surface area contributed by atoms with Gasteiger partial charge in [0.15, 0.2) is 0 Å². The van der Waals surface area contributed by atoms with Crippen molar-refractivity contribution in [3.05, 3.63) is 36.4 Å². The first-order chi connectivity index (χ1) is 11.6. The monoisotopic (exact) mass is 392 g/mol. The topological polar surface area (TPSA) is 111 Å². The van der Waals surface area contributed by atoms with E-state index >= 15 is 0 Å². The van der Waals surface area contributed by atoms with E-state index in [0.717, 1.165) is 12.1 Å². The molecule has 1 N–H and O–H groups in total. The molecule has 1 aliphatic heterocycles. The number of fused-ring (bicyclic) bond motifs is 1. The quantitative estimate of drug-likeness (QED) is 0.820. The van der Waals surface area contributed by atoms with E-state index in [4.69, 9.17) is 0 Å². The van der Waals surface area contributed by atoms with Crippen molar-refractivity contribution in [1.29, 1.82) is 0 Å². The Bertz CT molecular complexity index is 1000. The highest BCUT2D eigenvalue weighted by atomic mass is 32.2. The molecule has 1 aliphatic rings. The van der Waals surface area contributed by atoms with Crippen molar-refractivity contribution in [2.24, 2.45) is 0 Å². The molecule has 3 rings (SSSR count). The molecule has 2 atom stereocenters. The van der Waals surface area contributed by atoms with Gasteiger partial charge in [-0.1, -0.05) is 12.1 Å². The van der Waals surface area contributed by atoms with Crippen molar-refractivity contribution < 1.29 is 25.6 Å². The van der Waals surface area contributed by atoms with Crippen molar-refractivity contribution in [3.8, 4) is 0 Å². The molecule has 2 heterocycles. The molecule has 0 spiro atoms. The molecular weight excluding hydrogens is 378 g/mol. The molecule has 136 valence electrons. The average Bonchev–Trinajstić information content (AvgIpc) is 3.12. The third-order valence-corrected chi connectivity index (χ3v) is 6.98. The number of halogens is 2. The largest absolute Gasteiger partial charge is 0.341 e. The van der Waals surface area contributed by atoms with Crippen molar-refractivity contribution in [3.63, 3.8) is 0 Å². The lowest BCUT2D eigenvalue weighted by Gasteiger charge is -2.15. The van der Waals surface area contributed by atoms with Crippen LogP contribution in [-0.4, -0.2) is 37.4 Å². The minimum Gasteiger partial charge on any atom is -0.246 e. The zero-order valence-electron chi connectivity index (χ0n) is 12.9. The molecule has 25 heavy (non-hydrogen) atoms. The van der Waals surface area contributed by atoms with E-state index in [-0.39, 0.29) is 6.04 Å². The van der Waals surface area contributed by atoms with E-state index in [2.05, 4.69) is 14.8 Å². The van der Waals surface area contributed by atoms with Crippen LogP contribution in [0.4, 0.5) is 8.78 Å². The fourth-order valence-corrected chi connectivity index (χ4v) is 5.53. The summed E-state index contributed by atoms with van der Waals surface area (Å²) in [4.78, 5) is 2.33. The van der Waals surface area contributed by atoms with E-state index in [0.29, 0.717) is 12.2 Å². The van der Waals surface area contributed by atoms with Gasteiger partial charge in [-0.05, 0) is 25.5 Å². The summed E-state index contributed by atoms with van der Waals surface area (Å²) >= 11 is 0. The predicted octanol–water partition coefficient (Wildman–Crippen LogP) is 1.26. The molecular formula is C13H14F2N4O4S2. The van der Waals surface area contributed by atoms with Crippen molar-refractivity contribution in [1.82, 2.24) is 19.5 Å². The second kappa shape index (κ2) is 6.11. The number of aromatic nitrogens is 3. The van der Waals surface area contributed by atoms with Crippen LogP contribution in [0.5, 0.6) is 0 Å². The molecule has 0 saturated heterocycles. The predicted molar refractivity (Wildman–Crippen MR) is 82.0 cm³/mol. The lowest BCUT2D eigenvalue weighted by molar-refractivity contribution is 0.234. The van der Waals surface area contributed by atoms with Gasteiger partial charge in [-0.2, -0.15) is 13.9 Å². The summed E-state index contributed by atoms with van der Waals surface area (Å²) in [5.74, 6) is -3.34. The Morgan fingerprint density at radius 2 is 1.84 bits per heavy atom. The number of sulfone groups is 1. The maximum Gasteiger partial charge on any atom is 0.341 e. The molecule has 0 bridgehead atoms. The van der Waals surface area contributed by atoms with E-state index in [1.54, 1.807) is 4.68 Å². The molecule has 12 heteroatoms. The lowest BCUT2D eigenvalue weighted by atomic mass is 10.2. The Balaban J connectivity index is 2.01. The number of hydrogen-bond donors (Lipinski definition) is 1. The van der Waals surface area contributed by atoms with Crippen LogP contribution < -0.4 is 4.72 Å². The smallest absolute Gasteiger partial charge is 0.246 e. The minimum atomic E-state index is -5.07. The first-order valence-electron chi connectivity index (χ1n) is 7.17. The first kappa shape index (κ1) is 17.9. The van der Waals surface area contributed by atoms with Gasteiger partial charge >= 0.3 is 5.76 Å². The Kier molecular flexibility index (Phi) is 4.37. The SMILES string of the molecule is CC1CC(NS(=O)(=O)c2ccccc2S(=O)(=O)C(F)F)c2ncnn21. The van der Waals surface area contributed by atoms with Crippen LogP contribution in [0.25, 0.3) is 0 Å². The van der Waals surface area contributed by atoms with E-state index < -0.39 is 41.5 Å². The summed E-state index contributed by atoms with van der Waals surface area (Å²) in [6.07, 6.45) is 1.64. The summed E-state index contributed by atoms with van der Waals surface area (Å²) in [5.41, 5.74) is 0. The van der Waals surface area contributed by atoms with E-state index in [9.17, 15) is 25.6 Å². The van der Waals surface area contributed by atoms with Gasteiger partial charge in [0.2, 0.25) is 19.9 Å². The number of benzene rings is 1. The maximum atomic E-state index is 12.9. The third-order valence-electron chi connectivity index (χ3n) is 3.88. The summed E-state index contributed by atoms with van der Waals surface area (Å²) in [7, 11) is -9.45. The van der Waals surface area contributed by atoms with Gasteiger partial charge in [0.05, 0.1) is 17.0 Å². The average molecular weight is 392 g/mol. The molecule has 0 radical (unpaired) electrons. The number of alkyl halides is 2. The van der Waals surface area contributed by atoms with Crippen LogP contribution in [0.1, 0.15) is 31.3 Å².